The minimum atomic E-state index is 0.0110. The number of aromatic nitrogens is 2. The van der Waals surface area contributed by atoms with Crippen molar-refractivity contribution in [1.82, 2.24) is 9.38 Å². The predicted octanol–water partition coefficient (Wildman–Crippen LogP) is 1.35. The lowest BCUT2D eigenvalue weighted by molar-refractivity contribution is -0.908. The van der Waals surface area contributed by atoms with Crippen molar-refractivity contribution in [3.05, 3.63) is 63.0 Å². The van der Waals surface area contributed by atoms with Gasteiger partial charge in [-0.2, -0.15) is 0 Å². The highest BCUT2D eigenvalue weighted by atomic mass is 32.1. The van der Waals surface area contributed by atoms with Crippen molar-refractivity contribution in [2.24, 2.45) is 0 Å². The number of rotatable bonds is 5. The van der Waals surface area contributed by atoms with Crippen LogP contribution < -0.4 is 15.4 Å². The van der Waals surface area contributed by atoms with Gasteiger partial charge >= 0.3 is 0 Å². The second-order valence-electron chi connectivity index (χ2n) is 6.45. The van der Waals surface area contributed by atoms with Crippen LogP contribution >= 0.6 is 11.3 Å². The van der Waals surface area contributed by atoms with E-state index in [2.05, 4.69) is 41.2 Å². The molecule has 0 amide bonds. The molecule has 5 nitrogen and oxygen atoms in total. The number of aryl methyl sites for hydroxylation is 1. The van der Waals surface area contributed by atoms with E-state index in [0.717, 1.165) is 29.4 Å². The normalized spacial score (nSPS) is 12.5. The van der Waals surface area contributed by atoms with E-state index in [4.69, 9.17) is 0 Å². The Morgan fingerprint density at radius 1 is 1.21 bits per heavy atom. The van der Waals surface area contributed by atoms with Crippen molar-refractivity contribution >= 4 is 22.0 Å². The monoisotopic (exact) mass is 343 g/mol. The number of quaternary nitrogens is 1. The van der Waals surface area contributed by atoms with Gasteiger partial charge in [0.1, 0.15) is 18.8 Å². The third-order valence-corrected chi connectivity index (χ3v) is 5.01. The maximum absolute atomic E-state index is 12.2. The van der Waals surface area contributed by atoms with Gasteiger partial charge in [0, 0.05) is 42.5 Å². The second kappa shape index (κ2) is 6.75. The number of anilines is 1. The average molecular weight is 343 g/mol. The van der Waals surface area contributed by atoms with Crippen LogP contribution in [0.4, 0.5) is 5.69 Å². The first-order chi connectivity index (χ1) is 11.4. The van der Waals surface area contributed by atoms with E-state index in [-0.39, 0.29) is 5.56 Å². The number of benzene rings is 1. The molecule has 1 aromatic carbocycles. The standard InChI is InChI=1S/C18H22N4OS/c1-13-12-24-18-19-15(9-17(23)22(13)18)11-21(4)10-14-5-7-16(8-6-14)20(2)3/h5-9,12H,10-11H2,1-4H3/p+1. The first kappa shape index (κ1) is 16.7. The van der Waals surface area contributed by atoms with E-state index < -0.39 is 0 Å². The number of nitrogens with zero attached hydrogens (tertiary/aromatic N) is 3. The maximum Gasteiger partial charge on any atom is 0.259 e. The minimum absolute atomic E-state index is 0.0110. The van der Waals surface area contributed by atoms with Crippen LogP contribution in [0, 0.1) is 6.92 Å². The lowest BCUT2D eigenvalue weighted by atomic mass is 10.2. The molecule has 0 saturated heterocycles. The molecule has 1 N–H and O–H groups in total. The van der Waals surface area contributed by atoms with E-state index in [9.17, 15) is 4.79 Å². The quantitative estimate of drug-likeness (QED) is 0.760. The fourth-order valence-electron chi connectivity index (χ4n) is 2.82. The number of thiazole rings is 1. The van der Waals surface area contributed by atoms with E-state index in [1.165, 1.54) is 27.5 Å². The molecule has 0 aliphatic rings. The first-order valence-electron chi connectivity index (χ1n) is 7.98. The van der Waals surface area contributed by atoms with Gasteiger partial charge in [-0.1, -0.05) is 12.1 Å². The molecule has 2 aromatic heterocycles. The summed E-state index contributed by atoms with van der Waals surface area (Å²) in [4.78, 5) is 21.0. The van der Waals surface area contributed by atoms with Gasteiger partial charge in [0.2, 0.25) is 0 Å². The van der Waals surface area contributed by atoms with Gasteiger partial charge in [-0.05, 0) is 19.1 Å². The molecule has 0 fully saturated rings. The third-order valence-electron chi connectivity index (χ3n) is 4.07. The summed E-state index contributed by atoms with van der Waals surface area (Å²) in [6, 6.07) is 10.2. The lowest BCUT2D eigenvalue weighted by Crippen LogP contribution is -3.06. The Morgan fingerprint density at radius 2 is 1.92 bits per heavy atom. The summed E-state index contributed by atoms with van der Waals surface area (Å²) in [6.45, 7) is 3.57. The maximum atomic E-state index is 12.2. The van der Waals surface area contributed by atoms with Gasteiger partial charge in [-0.3, -0.25) is 9.20 Å². The highest BCUT2D eigenvalue weighted by Gasteiger charge is 2.11. The SMILES string of the molecule is Cc1csc2nc(C[NH+](C)Cc3ccc(N(C)C)cc3)cc(=O)n12. The smallest absolute Gasteiger partial charge is 0.259 e. The fraction of sp³-hybridized carbons (Fsp3) is 0.333. The van der Waals surface area contributed by atoms with Crippen molar-refractivity contribution in [3.8, 4) is 0 Å². The first-order valence-corrected chi connectivity index (χ1v) is 8.86. The van der Waals surface area contributed by atoms with Crippen LogP contribution in [-0.4, -0.2) is 30.5 Å². The lowest BCUT2D eigenvalue weighted by Gasteiger charge is -2.15. The molecule has 1 unspecified atom stereocenters. The molecule has 0 aliphatic heterocycles. The van der Waals surface area contributed by atoms with Crippen LogP contribution in [0.25, 0.3) is 4.96 Å². The van der Waals surface area contributed by atoms with Crippen molar-refractivity contribution in [1.29, 1.82) is 0 Å². The van der Waals surface area contributed by atoms with Crippen LogP contribution in [0.15, 0.2) is 40.5 Å². The van der Waals surface area contributed by atoms with Crippen LogP contribution in [0.5, 0.6) is 0 Å². The molecular formula is C18H23N4OS+. The van der Waals surface area contributed by atoms with Gasteiger partial charge in [0.05, 0.1) is 7.05 Å². The molecule has 0 radical (unpaired) electrons. The van der Waals surface area contributed by atoms with Crippen LogP contribution in [0.2, 0.25) is 0 Å². The minimum Gasteiger partial charge on any atom is -0.378 e. The number of hydrogen-bond acceptors (Lipinski definition) is 4. The molecule has 3 aromatic rings. The van der Waals surface area contributed by atoms with Gasteiger partial charge in [-0.25, -0.2) is 4.98 Å². The number of fused-ring (bicyclic) bond motifs is 1. The van der Waals surface area contributed by atoms with Crippen molar-refractivity contribution in [2.45, 2.75) is 20.0 Å². The molecule has 0 spiro atoms. The highest BCUT2D eigenvalue weighted by molar-refractivity contribution is 7.15. The Morgan fingerprint density at radius 3 is 2.58 bits per heavy atom. The molecule has 0 saturated carbocycles. The van der Waals surface area contributed by atoms with Crippen LogP contribution in [0.1, 0.15) is 17.0 Å². The van der Waals surface area contributed by atoms with E-state index >= 15 is 0 Å². The summed E-state index contributed by atoms with van der Waals surface area (Å²) in [6.07, 6.45) is 0. The van der Waals surface area contributed by atoms with Gasteiger partial charge < -0.3 is 9.80 Å². The summed E-state index contributed by atoms with van der Waals surface area (Å²) >= 11 is 1.52. The van der Waals surface area contributed by atoms with Crippen molar-refractivity contribution < 1.29 is 4.90 Å². The zero-order valence-electron chi connectivity index (χ0n) is 14.5. The molecule has 1 atom stereocenters. The molecule has 3 rings (SSSR count). The van der Waals surface area contributed by atoms with Gasteiger partial charge in [0.25, 0.3) is 5.56 Å². The Kier molecular flexibility index (Phi) is 4.69. The van der Waals surface area contributed by atoms with Crippen LogP contribution in [-0.2, 0) is 13.1 Å². The summed E-state index contributed by atoms with van der Waals surface area (Å²) in [5.74, 6) is 0. The topological polar surface area (TPSA) is 42.0 Å². The fourth-order valence-corrected chi connectivity index (χ4v) is 3.71. The Hall–Kier alpha value is -2.18. The summed E-state index contributed by atoms with van der Waals surface area (Å²) in [5, 5.41) is 1.97. The summed E-state index contributed by atoms with van der Waals surface area (Å²) < 4.78 is 1.67. The molecule has 0 aliphatic carbocycles. The van der Waals surface area contributed by atoms with Crippen LogP contribution in [0.3, 0.4) is 0 Å². The van der Waals surface area contributed by atoms with E-state index in [1.54, 1.807) is 10.5 Å². The number of hydrogen-bond donors (Lipinski definition) is 1. The largest absolute Gasteiger partial charge is 0.378 e. The predicted molar refractivity (Wildman–Crippen MR) is 99.1 cm³/mol. The third kappa shape index (κ3) is 3.49. The van der Waals surface area contributed by atoms with E-state index in [0.29, 0.717) is 0 Å². The molecular weight excluding hydrogens is 320 g/mol. The van der Waals surface area contributed by atoms with Gasteiger partial charge in [0.15, 0.2) is 4.96 Å². The molecule has 0 bridgehead atoms. The number of nitrogens with one attached hydrogen (secondary N) is 1. The Labute approximate surface area is 145 Å². The van der Waals surface area contributed by atoms with E-state index in [1.807, 2.05) is 26.4 Å². The molecule has 2 heterocycles. The summed E-state index contributed by atoms with van der Waals surface area (Å²) in [5.41, 5.74) is 4.29. The molecule has 126 valence electrons. The van der Waals surface area contributed by atoms with Gasteiger partial charge in [-0.15, -0.1) is 11.3 Å². The molecule has 6 heteroatoms. The zero-order valence-corrected chi connectivity index (χ0v) is 15.4. The zero-order chi connectivity index (χ0) is 17.3. The van der Waals surface area contributed by atoms with Crippen molar-refractivity contribution in [3.63, 3.8) is 0 Å². The average Bonchev–Trinajstić information content (AvgIpc) is 2.89. The summed E-state index contributed by atoms with van der Waals surface area (Å²) in [7, 11) is 6.21. The Bertz CT molecular complexity index is 896. The Balaban J connectivity index is 1.72. The molecule has 24 heavy (non-hydrogen) atoms. The van der Waals surface area contributed by atoms with Crippen molar-refractivity contribution in [2.75, 3.05) is 26.0 Å². The second-order valence-corrected chi connectivity index (χ2v) is 7.29. The highest BCUT2D eigenvalue weighted by Crippen LogP contribution is 2.12.